The van der Waals surface area contributed by atoms with Gasteiger partial charge < -0.3 is 15.4 Å². The molecular weight excluding hydrogens is 228 g/mol. The lowest BCUT2D eigenvalue weighted by atomic mass is 10.1. The number of hydrogen-bond acceptors (Lipinski definition) is 3. The van der Waals surface area contributed by atoms with Crippen LogP contribution >= 0.6 is 0 Å². The summed E-state index contributed by atoms with van der Waals surface area (Å²) < 4.78 is 5.21. The Balaban J connectivity index is 2.67. The van der Waals surface area contributed by atoms with Crippen molar-refractivity contribution in [2.45, 2.75) is 32.9 Å². The van der Waals surface area contributed by atoms with E-state index < -0.39 is 0 Å². The minimum Gasteiger partial charge on any atom is -0.496 e. The second-order valence-corrected chi connectivity index (χ2v) is 4.74. The number of benzene rings is 1. The van der Waals surface area contributed by atoms with Crippen LogP contribution in [0, 0.1) is 6.92 Å². The molecule has 18 heavy (non-hydrogen) atoms. The number of ether oxygens (including phenoxy) is 1. The summed E-state index contributed by atoms with van der Waals surface area (Å²) in [4.78, 5) is 13.5. The van der Waals surface area contributed by atoms with E-state index in [1.165, 1.54) is 0 Å². The minimum absolute atomic E-state index is 0.0680. The lowest BCUT2D eigenvalue weighted by molar-refractivity contribution is -0.130. The van der Waals surface area contributed by atoms with E-state index >= 15 is 0 Å². The predicted octanol–water partition coefficient (Wildman–Crippen LogP) is 1.70. The van der Waals surface area contributed by atoms with Crippen molar-refractivity contribution in [3.05, 3.63) is 29.3 Å². The number of amides is 1. The lowest BCUT2D eigenvalue weighted by Crippen LogP contribution is -2.31. The first kappa shape index (κ1) is 14.5. The topological polar surface area (TPSA) is 55.6 Å². The third-order valence-corrected chi connectivity index (χ3v) is 2.80. The molecule has 0 heterocycles. The fourth-order valence-electron chi connectivity index (χ4n) is 1.83. The molecule has 4 heteroatoms. The third-order valence-electron chi connectivity index (χ3n) is 2.80. The molecule has 0 aliphatic carbocycles. The molecule has 0 spiro atoms. The maximum absolute atomic E-state index is 11.8. The highest BCUT2D eigenvalue weighted by molar-refractivity contribution is 5.76. The Labute approximate surface area is 109 Å². The standard InChI is InChI=1S/C14H22N2O2/c1-10-7-12(5-6-13(10)18-4)9-16(3)14(17)8-11(2)15/h5-7,11H,8-9,15H2,1-4H3. The molecule has 0 radical (unpaired) electrons. The van der Waals surface area contributed by atoms with Gasteiger partial charge in [0.25, 0.3) is 0 Å². The molecular formula is C14H22N2O2. The first-order valence-corrected chi connectivity index (χ1v) is 6.07. The molecule has 0 saturated heterocycles. The van der Waals surface area contributed by atoms with Crippen LogP contribution in [0.25, 0.3) is 0 Å². The van der Waals surface area contributed by atoms with E-state index in [9.17, 15) is 4.79 Å². The average molecular weight is 250 g/mol. The van der Waals surface area contributed by atoms with Crippen molar-refractivity contribution in [2.75, 3.05) is 14.2 Å². The van der Waals surface area contributed by atoms with Gasteiger partial charge in [-0.3, -0.25) is 4.79 Å². The molecule has 1 aromatic rings. The molecule has 4 nitrogen and oxygen atoms in total. The number of nitrogens with zero attached hydrogens (tertiary/aromatic N) is 1. The zero-order chi connectivity index (χ0) is 13.7. The highest BCUT2D eigenvalue weighted by atomic mass is 16.5. The highest BCUT2D eigenvalue weighted by Crippen LogP contribution is 2.19. The number of rotatable bonds is 5. The van der Waals surface area contributed by atoms with Crippen LogP contribution in [0.15, 0.2) is 18.2 Å². The maximum atomic E-state index is 11.8. The molecule has 0 aliphatic rings. The second kappa shape index (κ2) is 6.40. The van der Waals surface area contributed by atoms with Gasteiger partial charge in [0.1, 0.15) is 5.75 Å². The Hall–Kier alpha value is -1.55. The molecule has 0 saturated carbocycles. The van der Waals surface area contributed by atoms with Crippen LogP contribution < -0.4 is 10.5 Å². The summed E-state index contributed by atoms with van der Waals surface area (Å²) in [6.45, 7) is 4.42. The van der Waals surface area contributed by atoms with Crippen molar-refractivity contribution in [1.82, 2.24) is 4.90 Å². The Morgan fingerprint density at radius 1 is 1.50 bits per heavy atom. The quantitative estimate of drug-likeness (QED) is 0.865. The van der Waals surface area contributed by atoms with Crippen molar-refractivity contribution in [3.63, 3.8) is 0 Å². The Bertz CT molecular complexity index is 416. The van der Waals surface area contributed by atoms with Gasteiger partial charge in [-0.2, -0.15) is 0 Å². The predicted molar refractivity (Wildman–Crippen MR) is 72.5 cm³/mol. The fraction of sp³-hybridized carbons (Fsp3) is 0.500. The fourth-order valence-corrected chi connectivity index (χ4v) is 1.83. The van der Waals surface area contributed by atoms with Crippen LogP contribution in [-0.4, -0.2) is 31.0 Å². The van der Waals surface area contributed by atoms with Gasteiger partial charge in [-0.15, -0.1) is 0 Å². The molecule has 1 atom stereocenters. The first-order chi connectivity index (χ1) is 8.43. The maximum Gasteiger partial charge on any atom is 0.224 e. The summed E-state index contributed by atoms with van der Waals surface area (Å²) in [7, 11) is 3.45. The summed E-state index contributed by atoms with van der Waals surface area (Å²) in [5.41, 5.74) is 7.79. The van der Waals surface area contributed by atoms with Gasteiger partial charge in [-0.1, -0.05) is 12.1 Å². The van der Waals surface area contributed by atoms with E-state index in [1.807, 2.05) is 32.0 Å². The zero-order valence-electron chi connectivity index (χ0n) is 11.6. The van der Waals surface area contributed by atoms with Crippen LogP contribution in [0.1, 0.15) is 24.5 Å². The van der Waals surface area contributed by atoms with E-state index in [0.717, 1.165) is 16.9 Å². The first-order valence-electron chi connectivity index (χ1n) is 6.07. The van der Waals surface area contributed by atoms with Crippen LogP contribution in [-0.2, 0) is 11.3 Å². The molecule has 0 fully saturated rings. The van der Waals surface area contributed by atoms with Crippen molar-refractivity contribution in [1.29, 1.82) is 0 Å². The Morgan fingerprint density at radius 3 is 2.67 bits per heavy atom. The van der Waals surface area contributed by atoms with Crippen molar-refractivity contribution in [3.8, 4) is 5.75 Å². The Kier molecular flexibility index (Phi) is 5.16. The molecule has 2 N–H and O–H groups in total. The van der Waals surface area contributed by atoms with Crippen molar-refractivity contribution < 1.29 is 9.53 Å². The van der Waals surface area contributed by atoms with E-state index in [-0.39, 0.29) is 11.9 Å². The van der Waals surface area contributed by atoms with Crippen LogP contribution in [0.4, 0.5) is 0 Å². The smallest absolute Gasteiger partial charge is 0.224 e. The second-order valence-electron chi connectivity index (χ2n) is 4.74. The van der Waals surface area contributed by atoms with Crippen LogP contribution in [0.2, 0.25) is 0 Å². The molecule has 100 valence electrons. The summed E-state index contributed by atoms with van der Waals surface area (Å²) >= 11 is 0. The van der Waals surface area contributed by atoms with Crippen molar-refractivity contribution in [2.24, 2.45) is 5.73 Å². The van der Waals surface area contributed by atoms with Crippen LogP contribution in [0.5, 0.6) is 5.75 Å². The molecule has 0 aromatic heterocycles. The monoisotopic (exact) mass is 250 g/mol. The van der Waals surface area contributed by atoms with Crippen LogP contribution in [0.3, 0.4) is 0 Å². The van der Waals surface area contributed by atoms with Gasteiger partial charge in [0.2, 0.25) is 5.91 Å². The molecule has 1 aromatic carbocycles. The average Bonchev–Trinajstić information content (AvgIpc) is 2.28. The van der Waals surface area contributed by atoms with E-state index in [1.54, 1.807) is 19.1 Å². The molecule has 1 unspecified atom stereocenters. The van der Waals surface area contributed by atoms with Gasteiger partial charge in [0.05, 0.1) is 7.11 Å². The van der Waals surface area contributed by atoms with Gasteiger partial charge in [-0.05, 0) is 31.0 Å². The number of carbonyl (C=O) groups is 1. The van der Waals surface area contributed by atoms with E-state index in [0.29, 0.717) is 13.0 Å². The summed E-state index contributed by atoms with van der Waals surface area (Å²) in [6, 6.07) is 5.84. The highest BCUT2D eigenvalue weighted by Gasteiger charge is 2.11. The van der Waals surface area contributed by atoms with Crippen molar-refractivity contribution >= 4 is 5.91 Å². The van der Waals surface area contributed by atoms with Gasteiger partial charge in [0.15, 0.2) is 0 Å². The molecule has 0 aliphatic heterocycles. The Morgan fingerprint density at radius 2 is 2.17 bits per heavy atom. The third kappa shape index (κ3) is 4.04. The number of nitrogens with two attached hydrogens (primary N) is 1. The molecule has 0 bridgehead atoms. The summed E-state index contributed by atoms with van der Waals surface area (Å²) in [5, 5.41) is 0. The summed E-state index contributed by atoms with van der Waals surface area (Å²) in [5.74, 6) is 0.932. The number of methoxy groups -OCH3 is 1. The summed E-state index contributed by atoms with van der Waals surface area (Å²) in [6.07, 6.45) is 0.381. The lowest BCUT2D eigenvalue weighted by Gasteiger charge is -2.19. The normalized spacial score (nSPS) is 12.1. The zero-order valence-corrected chi connectivity index (χ0v) is 11.6. The SMILES string of the molecule is COc1ccc(CN(C)C(=O)CC(C)N)cc1C. The number of hydrogen-bond donors (Lipinski definition) is 1. The number of aryl methyl sites for hydroxylation is 1. The number of carbonyl (C=O) groups excluding carboxylic acids is 1. The molecule has 1 rings (SSSR count). The van der Waals surface area contributed by atoms with E-state index in [2.05, 4.69) is 0 Å². The van der Waals surface area contributed by atoms with Gasteiger partial charge in [-0.25, -0.2) is 0 Å². The van der Waals surface area contributed by atoms with Gasteiger partial charge in [0, 0.05) is 26.1 Å². The van der Waals surface area contributed by atoms with E-state index in [4.69, 9.17) is 10.5 Å². The molecule has 1 amide bonds. The minimum atomic E-state index is -0.0995. The largest absolute Gasteiger partial charge is 0.496 e. The van der Waals surface area contributed by atoms with Gasteiger partial charge >= 0.3 is 0 Å².